The fraction of sp³-hybridized carbons (Fsp3) is 0.267. The minimum absolute atomic E-state index is 0.146. The van der Waals surface area contributed by atoms with Crippen LogP contribution in [0.15, 0.2) is 50.5 Å². The molecule has 0 saturated heterocycles. The van der Waals surface area contributed by atoms with E-state index in [-0.39, 0.29) is 24.5 Å². The molecule has 0 spiro atoms. The minimum atomic E-state index is -4.62. The predicted octanol–water partition coefficient (Wildman–Crippen LogP) is 2.46. The Hall–Kier alpha value is -2.57. The maximum atomic E-state index is 12.7. The van der Waals surface area contributed by atoms with Gasteiger partial charge in [0.25, 0.3) is 10.0 Å². The number of nitrogens with zero attached hydrogens (tertiary/aromatic N) is 2. The number of halogens is 3. The van der Waals surface area contributed by atoms with Crippen LogP contribution in [0, 0.1) is 0 Å². The number of hydrogen-bond acceptors (Lipinski definition) is 6. The second kappa shape index (κ2) is 7.21. The third-order valence-corrected chi connectivity index (χ3v) is 5.29. The van der Waals surface area contributed by atoms with Gasteiger partial charge in [0.1, 0.15) is 17.1 Å². The summed E-state index contributed by atoms with van der Waals surface area (Å²) in [7, 11) is -4.16. The number of aliphatic hydroxyl groups excluding tert-OH is 1. The molecule has 3 heterocycles. The number of aromatic amines is 1. The zero-order valence-corrected chi connectivity index (χ0v) is 14.4. The van der Waals surface area contributed by atoms with Gasteiger partial charge in [-0.2, -0.15) is 22.6 Å². The van der Waals surface area contributed by atoms with E-state index < -0.39 is 33.6 Å². The molecule has 0 radical (unpaired) electrons. The van der Waals surface area contributed by atoms with Gasteiger partial charge in [0, 0.05) is 6.54 Å². The van der Waals surface area contributed by atoms with Gasteiger partial charge in [-0.15, -0.1) is 0 Å². The van der Waals surface area contributed by atoms with Gasteiger partial charge in [-0.05, 0) is 30.3 Å². The minimum Gasteiger partial charge on any atom is -0.468 e. The van der Waals surface area contributed by atoms with Gasteiger partial charge in [0.05, 0.1) is 19.4 Å². The normalized spacial score (nSPS) is 12.8. The maximum Gasteiger partial charge on any atom is 0.432 e. The second-order valence-electron chi connectivity index (χ2n) is 5.42. The van der Waals surface area contributed by atoms with E-state index in [1.807, 2.05) is 5.10 Å². The summed E-state index contributed by atoms with van der Waals surface area (Å²) < 4.78 is 74.7. The predicted molar refractivity (Wildman–Crippen MR) is 84.7 cm³/mol. The maximum absolute atomic E-state index is 12.7. The molecule has 0 aliphatic rings. The van der Waals surface area contributed by atoms with Gasteiger partial charge in [0.15, 0.2) is 5.76 Å². The molecule has 0 fully saturated rings. The first kappa shape index (κ1) is 19.2. The summed E-state index contributed by atoms with van der Waals surface area (Å²) in [5, 5.41) is 14.0. The van der Waals surface area contributed by atoms with E-state index in [0.717, 1.165) is 10.4 Å². The Morgan fingerprint density at radius 1 is 1.26 bits per heavy atom. The lowest BCUT2D eigenvalue weighted by Crippen LogP contribution is -2.32. The number of nitrogens with one attached hydrogen (secondary N) is 1. The van der Waals surface area contributed by atoms with Crippen LogP contribution in [0.3, 0.4) is 0 Å². The molecule has 0 bridgehead atoms. The largest absolute Gasteiger partial charge is 0.468 e. The number of aromatic nitrogens is 2. The summed E-state index contributed by atoms with van der Waals surface area (Å²) in [6, 6.07) is 6.17. The SMILES string of the molecule is O=S(=O)(c1ccc(-c2cc(C(F)(F)F)[nH]n2)o1)N(CCO)Cc1ccco1. The topological polar surface area (TPSA) is 113 Å². The second-order valence-corrected chi connectivity index (χ2v) is 7.29. The Kier molecular flexibility index (Phi) is 5.13. The summed E-state index contributed by atoms with van der Waals surface area (Å²) in [5.41, 5.74) is -1.28. The number of sulfonamides is 1. The first-order chi connectivity index (χ1) is 12.7. The van der Waals surface area contributed by atoms with Crippen molar-refractivity contribution < 1.29 is 35.5 Å². The van der Waals surface area contributed by atoms with Gasteiger partial charge in [0.2, 0.25) is 5.09 Å². The Labute approximate surface area is 151 Å². The number of rotatable bonds is 7. The molecule has 0 saturated carbocycles. The molecule has 2 N–H and O–H groups in total. The number of H-pyrrole nitrogens is 1. The molecule has 0 amide bonds. The van der Waals surface area contributed by atoms with Crippen molar-refractivity contribution in [1.82, 2.24) is 14.5 Å². The molecular formula is C15H14F3N3O5S. The first-order valence-corrected chi connectivity index (χ1v) is 9.02. The monoisotopic (exact) mass is 405 g/mol. The van der Waals surface area contributed by atoms with Crippen LogP contribution in [-0.2, 0) is 22.7 Å². The zero-order valence-electron chi connectivity index (χ0n) is 13.6. The lowest BCUT2D eigenvalue weighted by atomic mass is 10.3. The van der Waals surface area contributed by atoms with Crippen molar-refractivity contribution in [3.63, 3.8) is 0 Å². The van der Waals surface area contributed by atoms with Crippen LogP contribution in [0.4, 0.5) is 13.2 Å². The number of alkyl halides is 3. The molecule has 3 aromatic rings. The third kappa shape index (κ3) is 4.07. The van der Waals surface area contributed by atoms with E-state index in [1.165, 1.54) is 12.3 Å². The number of hydrogen-bond donors (Lipinski definition) is 2. The quantitative estimate of drug-likeness (QED) is 0.625. The van der Waals surface area contributed by atoms with Crippen LogP contribution in [0.1, 0.15) is 11.5 Å². The Morgan fingerprint density at radius 2 is 2.04 bits per heavy atom. The molecule has 0 atom stereocenters. The van der Waals surface area contributed by atoms with Crippen LogP contribution in [-0.4, -0.2) is 41.2 Å². The Balaban J connectivity index is 1.87. The molecule has 3 rings (SSSR count). The fourth-order valence-electron chi connectivity index (χ4n) is 2.29. The van der Waals surface area contributed by atoms with E-state index in [9.17, 15) is 21.6 Å². The number of aliphatic hydroxyl groups is 1. The van der Waals surface area contributed by atoms with E-state index in [0.29, 0.717) is 11.8 Å². The zero-order chi connectivity index (χ0) is 19.7. The molecule has 3 aromatic heterocycles. The fourth-order valence-corrected chi connectivity index (χ4v) is 3.60. The van der Waals surface area contributed by atoms with Crippen molar-refractivity contribution >= 4 is 10.0 Å². The smallest absolute Gasteiger partial charge is 0.432 e. The summed E-state index contributed by atoms with van der Waals surface area (Å²) >= 11 is 0. The van der Waals surface area contributed by atoms with Gasteiger partial charge >= 0.3 is 6.18 Å². The van der Waals surface area contributed by atoms with Gasteiger partial charge < -0.3 is 13.9 Å². The summed E-state index contributed by atoms with van der Waals surface area (Å²) in [6.07, 6.45) is -3.24. The number of furan rings is 2. The highest BCUT2D eigenvalue weighted by Crippen LogP contribution is 2.32. The van der Waals surface area contributed by atoms with Crippen molar-refractivity contribution in [2.45, 2.75) is 17.8 Å². The molecule has 8 nitrogen and oxygen atoms in total. The van der Waals surface area contributed by atoms with Gasteiger partial charge in [-0.1, -0.05) is 0 Å². The third-order valence-electron chi connectivity index (χ3n) is 3.57. The van der Waals surface area contributed by atoms with Crippen LogP contribution < -0.4 is 0 Å². The van der Waals surface area contributed by atoms with Crippen LogP contribution in [0.2, 0.25) is 0 Å². The van der Waals surface area contributed by atoms with Crippen LogP contribution in [0.5, 0.6) is 0 Å². The van der Waals surface area contributed by atoms with Crippen molar-refractivity contribution in [2.24, 2.45) is 0 Å². The Morgan fingerprint density at radius 3 is 2.63 bits per heavy atom. The molecule has 0 aromatic carbocycles. The van der Waals surface area contributed by atoms with Gasteiger partial charge in [-0.3, -0.25) is 5.10 Å². The standard InChI is InChI=1S/C15H14F3N3O5S/c16-15(17,18)13-8-11(19-20-13)12-3-4-14(26-12)27(23,24)21(5-6-22)9-10-2-1-7-25-10/h1-4,7-8,22H,5-6,9H2,(H,19,20). The van der Waals surface area contributed by atoms with E-state index in [4.69, 9.17) is 13.9 Å². The lowest BCUT2D eigenvalue weighted by Gasteiger charge is -2.18. The molecule has 12 heteroatoms. The van der Waals surface area contributed by atoms with Crippen LogP contribution >= 0.6 is 0 Å². The molecular weight excluding hydrogens is 391 g/mol. The first-order valence-electron chi connectivity index (χ1n) is 7.58. The Bertz CT molecular complexity index is 992. The summed E-state index contributed by atoms with van der Waals surface area (Å²) in [5.74, 6) is 0.197. The van der Waals surface area contributed by atoms with E-state index in [1.54, 1.807) is 12.1 Å². The van der Waals surface area contributed by atoms with E-state index >= 15 is 0 Å². The van der Waals surface area contributed by atoms with Crippen molar-refractivity contribution in [2.75, 3.05) is 13.2 Å². The molecule has 0 aliphatic heterocycles. The lowest BCUT2D eigenvalue weighted by molar-refractivity contribution is -0.141. The summed E-state index contributed by atoms with van der Waals surface area (Å²) in [4.78, 5) is 0. The average Bonchev–Trinajstić information content (AvgIpc) is 3.33. The molecule has 27 heavy (non-hydrogen) atoms. The van der Waals surface area contributed by atoms with Crippen molar-refractivity contribution in [3.05, 3.63) is 48.0 Å². The molecule has 0 aliphatic carbocycles. The van der Waals surface area contributed by atoms with Crippen LogP contribution in [0.25, 0.3) is 11.5 Å². The highest BCUT2D eigenvalue weighted by molar-refractivity contribution is 7.89. The molecule has 146 valence electrons. The highest BCUT2D eigenvalue weighted by Gasteiger charge is 2.34. The van der Waals surface area contributed by atoms with Crippen molar-refractivity contribution in [1.29, 1.82) is 0 Å². The molecule has 0 unspecified atom stereocenters. The highest BCUT2D eigenvalue weighted by atomic mass is 32.2. The van der Waals surface area contributed by atoms with Crippen molar-refractivity contribution in [3.8, 4) is 11.5 Å². The van der Waals surface area contributed by atoms with E-state index in [2.05, 4.69) is 5.10 Å². The average molecular weight is 405 g/mol. The summed E-state index contributed by atoms with van der Waals surface area (Å²) in [6.45, 7) is -0.811. The van der Waals surface area contributed by atoms with Gasteiger partial charge in [-0.25, -0.2) is 8.42 Å².